The van der Waals surface area contributed by atoms with Crippen LogP contribution in [-0.4, -0.2) is 46.0 Å². The van der Waals surface area contributed by atoms with Gasteiger partial charge >= 0.3 is 0 Å². The Morgan fingerprint density at radius 2 is 1.80 bits per heavy atom. The number of nitrogens with zero attached hydrogens (tertiary/aromatic N) is 1. The number of guanidine groups is 1. The molecule has 5 nitrogen and oxygen atoms in total. The Kier molecular flexibility index (Phi) is 8.42. The second kappa shape index (κ2) is 9.80. The van der Waals surface area contributed by atoms with Crippen molar-refractivity contribution in [3.63, 3.8) is 0 Å². The van der Waals surface area contributed by atoms with Gasteiger partial charge in [0.15, 0.2) is 5.96 Å². The van der Waals surface area contributed by atoms with Gasteiger partial charge in [0.1, 0.15) is 9.84 Å². The molecule has 1 rings (SSSR count). The van der Waals surface area contributed by atoms with E-state index in [1.54, 1.807) is 7.05 Å². The molecular weight excluding hydrogens is 334 g/mol. The maximum absolute atomic E-state index is 11.3. The van der Waals surface area contributed by atoms with Crippen LogP contribution in [0.25, 0.3) is 0 Å². The molecule has 0 bridgehead atoms. The van der Waals surface area contributed by atoms with Gasteiger partial charge in [0.2, 0.25) is 0 Å². The molecule has 1 aromatic carbocycles. The van der Waals surface area contributed by atoms with Crippen molar-refractivity contribution >= 4 is 15.8 Å². The van der Waals surface area contributed by atoms with Gasteiger partial charge in [0, 0.05) is 31.3 Å². The minimum Gasteiger partial charge on any atom is -0.356 e. The first-order valence-electron chi connectivity index (χ1n) is 8.96. The van der Waals surface area contributed by atoms with Crippen LogP contribution in [0.15, 0.2) is 35.3 Å². The first-order valence-corrected chi connectivity index (χ1v) is 11.0. The molecule has 6 heteroatoms. The average molecular weight is 368 g/mol. The largest absolute Gasteiger partial charge is 0.356 e. The summed E-state index contributed by atoms with van der Waals surface area (Å²) in [5.74, 6) is 0.888. The summed E-state index contributed by atoms with van der Waals surface area (Å²) in [4.78, 5) is 4.28. The van der Waals surface area contributed by atoms with Gasteiger partial charge in [-0.1, -0.05) is 44.2 Å². The van der Waals surface area contributed by atoms with E-state index >= 15 is 0 Å². The summed E-state index contributed by atoms with van der Waals surface area (Å²) in [5.41, 5.74) is 1.38. The van der Waals surface area contributed by atoms with Crippen molar-refractivity contribution in [3.05, 3.63) is 35.9 Å². The molecule has 2 N–H and O–H groups in total. The van der Waals surface area contributed by atoms with E-state index in [0.717, 1.165) is 19.4 Å². The van der Waals surface area contributed by atoms with E-state index in [1.165, 1.54) is 11.8 Å². The summed E-state index contributed by atoms with van der Waals surface area (Å²) in [6.07, 6.45) is 3.89. The second-order valence-electron chi connectivity index (χ2n) is 6.74. The molecule has 0 radical (unpaired) electrons. The zero-order valence-corrected chi connectivity index (χ0v) is 17.0. The molecule has 1 atom stereocenters. The Morgan fingerprint density at radius 3 is 2.28 bits per heavy atom. The molecule has 25 heavy (non-hydrogen) atoms. The molecule has 0 amide bonds. The van der Waals surface area contributed by atoms with Crippen molar-refractivity contribution in [2.24, 2.45) is 4.99 Å². The third-order valence-corrected chi connectivity index (χ3v) is 5.84. The van der Waals surface area contributed by atoms with Crippen molar-refractivity contribution in [3.8, 4) is 0 Å². The number of sulfone groups is 1. The maximum atomic E-state index is 11.3. The molecule has 0 fully saturated rings. The number of hydrogen-bond acceptors (Lipinski definition) is 3. The van der Waals surface area contributed by atoms with Crippen molar-refractivity contribution in [2.75, 3.05) is 25.6 Å². The molecule has 0 aliphatic rings. The monoisotopic (exact) mass is 367 g/mol. The summed E-state index contributed by atoms with van der Waals surface area (Å²) < 4.78 is 22.6. The molecule has 1 unspecified atom stereocenters. The second-order valence-corrected chi connectivity index (χ2v) is 9.00. The lowest BCUT2D eigenvalue weighted by Gasteiger charge is -2.33. The van der Waals surface area contributed by atoms with E-state index in [4.69, 9.17) is 0 Å². The molecule has 0 aliphatic carbocycles. The fourth-order valence-electron chi connectivity index (χ4n) is 2.95. The SMILES string of the molecule is CCC(CC)(CNC(=NC)NC(C)CCS(C)(=O)=O)c1ccccc1. The zero-order chi connectivity index (χ0) is 18.9. The number of benzene rings is 1. The van der Waals surface area contributed by atoms with Gasteiger partial charge < -0.3 is 10.6 Å². The minimum absolute atomic E-state index is 0.0373. The van der Waals surface area contributed by atoms with Gasteiger partial charge in [-0.15, -0.1) is 0 Å². The van der Waals surface area contributed by atoms with E-state index < -0.39 is 9.84 Å². The summed E-state index contributed by atoms with van der Waals surface area (Å²) in [6, 6.07) is 10.6. The Bertz CT molecular complexity index is 638. The van der Waals surface area contributed by atoms with Gasteiger partial charge in [0.25, 0.3) is 0 Å². The fraction of sp³-hybridized carbons (Fsp3) is 0.632. The summed E-state index contributed by atoms with van der Waals surface area (Å²) in [6.45, 7) is 7.18. The normalized spacial score (nSPS) is 14.2. The summed E-state index contributed by atoms with van der Waals surface area (Å²) >= 11 is 0. The van der Waals surface area contributed by atoms with Gasteiger partial charge in [-0.05, 0) is 31.7 Å². The lowest BCUT2D eigenvalue weighted by Crippen LogP contribution is -2.48. The van der Waals surface area contributed by atoms with E-state index in [9.17, 15) is 8.42 Å². The molecule has 0 aromatic heterocycles. The first kappa shape index (κ1) is 21.5. The van der Waals surface area contributed by atoms with Crippen LogP contribution >= 0.6 is 0 Å². The minimum atomic E-state index is -2.94. The molecule has 142 valence electrons. The zero-order valence-electron chi connectivity index (χ0n) is 16.2. The van der Waals surface area contributed by atoms with Gasteiger partial charge in [0.05, 0.1) is 5.75 Å². The van der Waals surface area contributed by atoms with E-state index in [0.29, 0.717) is 12.4 Å². The summed E-state index contributed by atoms with van der Waals surface area (Å²) in [5, 5.41) is 6.71. The van der Waals surface area contributed by atoms with Crippen LogP contribution < -0.4 is 10.6 Å². The van der Waals surface area contributed by atoms with Crippen molar-refractivity contribution in [1.82, 2.24) is 10.6 Å². The Hall–Kier alpha value is -1.56. The topological polar surface area (TPSA) is 70.6 Å². The summed E-state index contributed by atoms with van der Waals surface area (Å²) in [7, 11) is -1.20. The highest BCUT2D eigenvalue weighted by atomic mass is 32.2. The Labute approximate surface area is 153 Å². The van der Waals surface area contributed by atoms with Crippen LogP contribution in [0.5, 0.6) is 0 Å². The highest BCUT2D eigenvalue weighted by Crippen LogP contribution is 2.30. The van der Waals surface area contributed by atoms with Gasteiger partial charge in [-0.25, -0.2) is 8.42 Å². The third-order valence-electron chi connectivity index (χ3n) is 4.86. The van der Waals surface area contributed by atoms with Crippen LogP contribution in [0.4, 0.5) is 0 Å². The Balaban J connectivity index is 2.71. The van der Waals surface area contributed by atoms with Crippen molar-refractivity contribution in [1.29, 1.82) is 0 Å². The van der Waals surface area contributed by atoms with Crippen LogP contribution in [-0.2, 0) is 15.3 Å². The predicted molar refractivity (Wildman–Crippen MR) is 107 cm³/mol. The standard InChI is InChI=1S/C19H33N3O2S/c1-6-19(7-2,17-11-9-8-10-12-17)15-21-18(20-4)22-16(3)13-14-25(5,23)24/h8-12,16H,6-7,13-15H2,1-5H3,(H2,20,21,22). The van der Waals surface area contributed by atoms with Gasteiger partial charge in [-0.2, -0.15) is 0 Å². The quantitative estimate of drug-likeness (QED) is 0.520. The first-order chi connectivity index (χ1) is 11.8. The fourth-order valence-corrected chi connectivity index (χ4v) is 3.73. The van der Waals surface area contributed by atoms with Crippen LogP contribution in [0, 0.1) is 0 Å². The molecule has 0 saturated heterocycles. The molecule has 0 saturated carbocycles. The smallest absolute Gasteiger partial charge is 0.191 e. The van der Waals surface area contributed by atoms with E-state index in [2.05, 4.69) is 53.7 Å². The van der Waals surface area contributed by atoms with Gasteiger partial charge in [-0.3, -0.25) is 4.99 Å². The van der Waals surface area contributed by atoms with Crippen LogP contribution in [0.3, 0.4) is 0 Å². The van der Waals surface area contributed by atoms with Crippen LogP contribution in [0.2, 0.25) is 0 Å². The van der Waals surface area contributed by atoms with Crippen LogP contribution in [0.1, 0.15) is 45.6 Å². The molecule has 0 heterocycles. The number of nitrogens with one attached hydrogen (secondary N) is 2. The lowest BCUT2D eigenvalue weighted by atomic mass is 9.76. The van der Waals surface area contributed by atoms with E-state index in [-0.39, 0.29) is 17.2 Å². The highest BCUT2D eigenvalue weighted by molar-refractivity contribution is 7.90. The Morgan fingerprint density at radius 1 is 1.20 bits per heavy atom. The molecule has 1 aromatic rings. The molecular formula is C19H33N3O2S. The third kappa shape index (κ3) is 7.06. The van der Waals surface area contributed by atoms with Crippen molar-refractivity contribution < 1.29 is 8.42 Å². The predicted octanol–water partition coefficient (Wildman–Crippen LogP) is 2.73. The number of hydrogen-bond donors (Lipinski definition) is 2. The number of rotatable bonds is 9. The average Bonchev–Trinajstić information content (AvgIpc) is 2.60. The molecule has 0 spiro atoms. The van der Waals surface area contributed by atoms with E-state index in [1.807, 2.05) is 13.0 Å². The highest BCUT2D eigenvalue weighted by Gasteiger charge is 2.28. The lowest BCUT2D eigenvalue weighted by molar-refractivity contribution is 0.388. The molecule has 0 aliphatic heterocycles. The maximum Gasteiger partial charge on any atom is 0.191 e. The van der Waals surface area contributed by atoms with Crippen molar-refractivity contribution in [2.45, 2.75) is 51.5 Å². The number of aliphatic imine (C=N–C) groups is 1.